The second-order valence-corrected chi connectivity index (χ2v) is 6.21. The van der Waals surface area contributed by atoms with Crippen molar-refractivity contribution < 1.29 is 9.94 Å². The Balaban J connectivity index is 1.89. The van der Waals surface area contributed by atoms with E-state index in [0.29, 0.717) is 10.9 Å². The van der Waals surface area contributed by atoms with Gasteiger partial charge in [-0.25, -0.2) is 0 Å². The van der Waals surface area contributed by atoms with Crippen LogP contribution >= 0.6 is 11.6 Å². The first-order valence-electron chi connectivity index (χ1n) is 7.59. The number of amidine groups is 1. The Morgan fingerprint density at radius 3 is 2.35 bits per heavy atom. The second kappa shape index (κ2) is 6.60. The molecule has 120 valence electrons. The molecule has 2 aromatic rings. The van der Waals surface area contributed by atoms with Crippen LogP contribution in [0, 0.1) is 0 Å². The zero-order valence-electron chi connectivity index (χ0n) is 13.1. The summed E-state index contributed by atoms with van der Waals surface area (Å²) in [6.45, 7) is 4.09. The van der Waals surface area contributed by atoms with Gasteiger partial charge in [-0.05, 0) is 43.7 Å². The van der Waals surface area contributed by atoms with Crippen LogP contribution in [-0.2, 0) is 4.84 Å². The standard InChI is InChI=1S/C18H19ClN2O2/c1-12(2)21-17(14-8-10-15(19)11-9-14)20-23-18(21)16(22)13-6-4-3-5-7-13/h3-12,16,18,22H,1-2H3. The zero-order valence-corrected chi connectivity index (χ0v) is 13.8. The number of hydrogen-bond acceptors (Lipinski definition) is 4. The summed E-state index contributed by atoms with van der Waals surface area (Å²) in [5.41, 5.74) is 1.71. The number of nitrogens with zero attached hydrogens (tertiary/aromatic N) is 2. The lowest BCUT2D eigenvalue weighted by atomic mass is 10.1. The Bertz CT molecular complexity index is 686. The Kier molecular flexibility index (Phi) is 4.55. The Morgan fingerprint density at radius 1 is 1.09 bits per heavy atom. The maximum absolute atomic E-state index is 10.7. The van der Waals surface area contributed by atoms with Crippen LogP contribution in [0.15, 0.2) is 59.8 Å². The van der Waals surface area contributed by atoms with E-state index in [-0.39, 0.29) is 6.04 Å². The predicted molar refractivity (Wildman–Crippen MR) is 91.2 cm³/mol. The molecule has 3 rings (SSSR count). The van der Waals surface area contributed by atoms with Crippen LogP contribution in [0.1, 0.15) is 31.1 Å². The van der Waals surface area contributed by atoms with Crippen molar-refractivity contribution >= 4 is 17.4 Å². The highest BCUT2D eigenvalue weighted by Crippen LogP contribution is 2.30. The number of hydrogen-bond donors (Lipinski definition) is 1. The number of rotatable bonds is 4. The van der Waals surface area contributed by atoms with Crippen LogP contribution in [0.3, 0.4) is 0 Å². The lowest BCUT2D eigenvalue weighted by molar-refractivity contribution is -0.0849. The Hall–Kier alpha value is -2.04. The van der Waals surface area contributed by atoms with E-state index in [1.165, 1.54) is 0 Å². The van der Waals surface area contributed by atoms with Crippen molar-refractivity contribution in [2.24, 2.45) is 5.16 Å². The maximum atomic E-state index is 10.7. The Labute approximate surface area is 140 Å². The molecular weight excluding hydrogens is 312 g/mol. The van der Waals surface area contributed by atoms with Crippen molar-refractivity contribution in [1.29, 1.82) is 0 Å². The van der Waals surface area contributed by atoms with E-state index in [9.17, 15) is 5.11 Å². The number of benzene rings is 2. The largest absolute Gasteiger partial charge is 0.382 e. The van der Waals surface area contributed by atoms with Crippen molar-refractivity contribution in [3.8, 4) is 0 Å². The molecule has 0 amide bonds. The molecule has 0 saturated carbocycles. The van der Waals surface area contributed by atoms with Gasteiger partial charge in [0.15, 0.2) is 5.84 Å². The van der Waals surface area contributed by atoms with Crippen LogP contribution in [0.4, 0.5) is 0 Å². The summed E-state index contributed by atoms with van der Waals surface area (Å²) in [6.07, 6.45) is -1.34. The molecular formula is C18H19ClN2O2. The van der Waals surface area contributed by atoms with Crippen molar-refractivity contribution in [2.75, 3.05) is 0 Å². The third kappa shape index (κ3) is 3.19. The normalized spacial score (nSPS) is 18.7. The molecule has 2 unspecified atom stereocenters. The van der Waals surface area contributed by atoms with Gasteiger partial charge in [-0.15, -0.1) is 0 Å². The number of halogens is 1. The first kappa shape index (κ1) is 15.8. The van der Waals surface area contributed by atoms with Crippen LogP contribution in [0.5, 0.6) is 0 Å². The smallest absolute Gasteiger partial charge is 0.231 e. The molecule has 0 radical (unpaired) electrons. The van der Waals surface area contributed by atoms with E-state index in [2.05, 4.69) is 5.16 Å². The van der Waals surface area contributed by atoms with E-state index < -0.39 is 12.3 Å². The highest BCUT2D eigenvalue weighted by Gasteiger charge is 2.38. The van der Waals surface area contributed by atoms with Gasteiger partial charge in [0.25, 0.3) is 0 Å². The minimum atomic E-state index is -0.785. The van der Waals surface area contributed by atoms with E-state index in [4.69, 9.17) is 16.4 Å². The lowest BCUT2D eigenvalue weighted by Gasteiger charge is -2.31. The summed E-state index contributed by atoms with van der Waals surface area (Å²) in [4.78, 5) is 7.56. The fourth-order valence-corrected chi connectivity index (χ4v) is 2.81. The molecule has 2 atom stereocenters. The SMILES string of the molecule is CC(C)N1C(c2ccc(Cl)cc2)=NOC1C(O)c1ccccc1. The highest BCUT2D eigenvalue weighted by molar-refractivity contribution is 6.30. The van der Waals surface area contributed by atoms with Gasteiger partial charge in [-0.3, -0.25) is 0 Å². The fraction of sp³-hybridized carbons (Fsp3) is 0.278. The quantitative estimate of drug-likeness (QED) is 0.927. The summed E-state index contributed by atoms with van der Waals surface area (Å²) in [7, 11) is 0. The molecule has 4 nitrogen and oxygen atoms in total. The highest BCUT2D eigenvalue weighted by atomic mass is 35.5. The average molecular weight is 331 g/mol. The molecule has 2 aromatic carbocycles. The van der Waals surface area contributed by atoms with E-state index >= 15 is 0 Å². The molecule has 5 heteroatoms. The minimum absolute atomic E-state index is 0.121. The molecule has 1 N–H and O–H groups in total. The molecule has 0 fully saturated rings. The van der Waals surface area contributed by atoms with Gasteiger partial charge in [0.05, 0.1) is 0 Å². The van der Waals surface area contributed by atoms with Crippen molar-refractivity contribution in [2.45, 2.75) is 32.2 Å². The summed E-state index contributed by atoms with van der Waals surface area (Å²) < 4.78 is 0. The summed E-state index contributed by atoms with van der Waals surface area (Å²) in [5, 5.41) is 15.6. The fourth-order valence-electron chi connectivity index (χ4n) is 2.69. The van der Waals surface area contributed by atoms with E-state index in [0.717, 1.165) is 11.1 Å². The van der Waals surface area contributed by atoms with Gasteiger partial charge in [0, 0.05) is 16.6 Å². The number of aliphatic hydroxyl groups excluding tert-OH is 1. The molecule has 0 aromatic heterocycles. The molecule has 23 heavy (non-hydrogen) atoms. The van der Waals surface area contributed by atoms with Gasteiger partial charge in [0.2, 0.25) is 6.23 Å². The van der Waals surface area contributed by atoms with E-state index in [1.807, 2.05) is 73.3 Å². The van der Waals surface area contributed by atoms with E-state index in [1.54, 1.807) is 0 Å². The van der Waals surface area contributed by atoms with Crippen LogP contribution < -0.4 is 0 Å². The van der Waals surface area contributed by atoms with Crippen molar-refractivity contribution in [1.82, 2.24) is 4.90 Å². The van der Waals surface area contributed by atoms with Crippen molar-refractivity contribution in [3.63, 3.8) is 0 Å². The topological polar surface area (TPSA) is 45.1 Å². The summed E-state index contributed by atoms with van der Waals surface area (Å²) in [6, 6.07) is 17.0. The van der Waals surface area contributed by atoms with Crippen LogP contribution in [0.25, 0.3) is 0 Å². The zero-order chi connectivity index (χ0) is 16.4. The van der Waals surface area contributed by atoms with Crippen molar-refractivity contribution in [3.05, 3.63) is 70.7 Å². The molecule has 0 saturated heterocycles. The van der Waals surface area contributed by atoms with Crippen LogP contribution in [-0.4, -0.2) is 28.1 Å². The van der Waals surface area contributed by atoms with Crippen LogP contribution in [0.2, 0.25) is 5.02 Å². The first-order chi connectivity index (χ1) is 11.1. The first-order valence-corrected chi connectivity index (χ1v) is 7.97. The van der Waals surface area contributed by atoms with Gasteiger partial charge < -0.3 is 14.8 Å². The Morgan fingerprint density at radius 2 is 1.74 bits per heavy atom. The average Bonchev–Trinajstić information content (AvgIpc) is 3.01. The van der Waals surface area contributed by atoms with Gasteiger partial charge in [0.1, 0.15) is 6.10 Å². The summed E-state index contributed by atoms with van der Waals surface area (Å²) >= 11 is 5.95. The molecule has 0 aliphatic carbocycles. The third-order valence-electron chi connectivity index (χ3n) is 3.84. The number of oxime groups is 1. The molecule has 1 aliphatic rings. The summed E-state index contributed by atoms with van der Waals surface area (Å²) in [5.74, 6) is 0.705. The molecule has 1 heterocycles. The monoisotopic (exact) mass is 330 g/mol. The minimum Gasteiger partial charge on any atom is -0.382 e. The lowest BCUT2D eigenvalue weighted by Crippen LogP contribution is -2.44. The number of aliphatic hydroxyl groups is 1. The van der Waals surface area contributed by atoms with Gasteiger partial charge >= 0.3 is 0 Å². The third-order valence-corrected chi connectivity index (χ3v) is 4.09. The van der Waals surface area contributed by atoms with Gasteiger partial charge in [-0.2, -0.15) is 0 Å². The molecule has 1 aliphatic heterocycles. The second-order valence-electron chi connectivity index (χ2n) is 5.77. The van der Waals surface area contributed by atoms with Gasteiger partial charge in [-0.1, -0.05) is 47.1 Å². The predicted octanol–water partition coefficient (Wildman–Crippen LogP) is 3.80. The molecule has 0 bridgehead atoms. The molecule has 0 spiro atoms. The maximum Gasteiger partial charge on any atom is 0.231 e.